The highest BCUT2D eigenvalue weighted by Crippen LogP contribution is 2.76. The average molecular weight is 1450 g/mol. The van der Waals surface area contributed by atoms with E-state index < -0.39 is 195 Å². The maximum Gasteiger partial charge on any atom is 0.336 e. The van der Waals surface area contributed by atoms with Gasteiger partial charge in [-0.25, -0.2) is 4.79 Å². The van der Waals surface area contributed by atoms with E-state index in [0.717, 1.165) is 47.1 Å². The number of benzene rings is 1. The summed E-state index contributed by atoms with van der Waals surface area (Å²) in [7, 11) is 1.63. The molecule has 5 aliphatic heterocycles. The number of ether oxygens (including phenoxy) is 11. The largest absolute Gasteiger partial charge is 0.492 e. The van der Waals surface area contributed by atoms with Crippen molar-refractivity contribution in [1.82, 2.24) is 0 Å². The summed E-state index contributed by atoms with van der Waals surface area (Å²) < 4.78 is 76.0. The maximum atomic E-state index is 15.4. The molecule has 574 valence electrons. The van der Waals surface area contributed by atoms with Gasteiger partial charge in [0.2, 0.25) is 6.29 Å². The molecule has 29 nitrogen and oxygen atoms in total. The van der Waals surface area contributed by atoms with Crippen LogP contribution < -0.4 is 10.4 Å². The molecule has 0 radical (unpaired) electrons. The molecule has 2 aromatic heterocycles. The molecule has 13 rings (SSSR count). The van der Waals surface area contributed by atoms with Crippen molar-refractivity contribution in [2.75, 3.05) is 26.9 Å². The van der Waals surface area contributed by atoms with Crippen molar-refractivity contribution >= 4 is 27.9 Å². The van der Waals surface area contributed by atoms with Crippen molar-refractivity contribution in [2.45, 2.75) is 293 Å². The Kier molecular flexibility index (Phi) is 22.0. The number of aliphatic hydroxyl groups excluding tert-OH is 14. The smallest absolute Gasteiger partial charge is 0.336 e. The summed E-state index contributed by atoms with van der Waals surface area (Å²) in [6, 6.07) is 6.80. The molecule has 102 heavy (non-hydrogen) atoms. The van der Waals surface area contributed by atoms with Crippen molar-refractivity contribution < 1.29 is 137 Å². The lowest BCUT2D eigenvalue weighted by molar-refractivity contribution is -0.374. The maximum absolute atomic E-state index is 15.4. The van der Waals surface area contributed by atoms with Gasteiger partial charge in [-0.1, -0.05) is 74.0 Å². The third-order valence-corrected chi connectivity index (χ3v) is 25.8. The first-order valence-electron chi connectivity index (χ1n) is 36.1. The zero-order valence-corrected chi connectivity index (χ0v) is 60.0. The minimum absolute atomic E-state index is 0.129. The summed E-state index contributed by atoms with van der Waals surface area (Å²) in [6.45, 7) is 21.3. The summed E-state index contributed by atoms with van der Waals surface area (Å²) in [6.07, 6.45) is -29.2. The number of carbonyl (C=O) groups is 1. The second-order valence-corrected chi connectivity index (χ2v) is 33.1. The fourth-order valence-corrected chi connectivity index (χ4v) is 19.7. The minimum Gasteiger partial charge on any atom is -0.492 e. The van der Waals surface area contributed by atoms with Crippen molar-refractivity contribution in [3.05, 3.63) is 52.1 Å². The number of furan rings is 1. The zero-order chi connectivity index (χ0) is 74.2. The highest BCUT2D eigenvalue weighted by Gasteiger charge is 2.72. The van der Waals surface area contributed by atoms with Crippen LogP contribution in [-0.2, 0) is 52.2 Å². The van der Waals surface area contributed by atoms with E-state index in [4.69, 9.17) is 60.9 Å². The van der Waals surface area contributed by atoms with Crippen LogP contribution in [0.2, 0.25) is 0 Å². The predicted molar refractivity (Wildman–Crippen MR) is 355 cm³/mol. The Bertz CT molecular complexity index is 3540. The normalized spacial score (nSPS) is 47.0. The number of hydrogen-bond acceptors (Lipinski definition) is 29. The van der Waals surface area contributed by atoms with E-state index in [2.05, 4.69) is 54.5 Å². The fraction of sp³-hybridized carbons (Fsp3) is 0.808. The highest BCUT2D eigenvalue weighted by atomic mass is 16.8. The number of hydrogen-bond donors (Lipinski definition) is 14. The second-order valence-electron chi connectivity index (χ2n) is 33.1. The molecule has 3 aromatic rings. The second kappa shape index (κ2) is 28.9. The molecule has 32 unspecified atom stereocenters. The standard InChI is InChI=1S/C58H94O25.C15H14O4/c1-23-44(80-47-40(69)34(63)27(60)21-74-47)38(67)42(71)48(76-23)79-33-13-14-55(7)30(54(33,5)6)12-15-56(8)31(55)11-10-25-26-18-53(3,4)16-17-58(26,32(62)19-57(25,56)9)52(73)83-51-46(35(64)28(61)22-75-51)82-49-43(72)39(68)45(24(2)77-49)81-50-41(70)37(66)36(65)29(20-59)78-50;1-8(2)14-15(17-3)10-6-9-4-5-13(16)18-11(9)7-12(10)19-14/h10,23-24,26-51,59-72H,11-22H2,1-9H3;4-8H,1-3H3. The molecule has 14 N–H and O–H groups in total. The average Bonchev–Trinajstić information content (AvgIpc) is 0.744. The lowest BCUT2D eigenvalue weighted by Crippen LogP contribution is -2.68. The molecule has 0 spiro atoms. The SMILES string of the molecule is CC1OC(OC2CCC3(C)C(CCC4(C)C3CC=C3C5CC(C)(C)CCC5(C(=O)OC5OCC(O)C(O)C5OC5OC(C)C(OC6OC(CO)C(O)C(O)C6O)C(O)C5O)C(O)CC34C)C2(C)C)C(O)C(O)C1OC1OCC(O)C(O)C1O.COc1c(C(C)C)oc2cc3oc(=O)ccc3cc12. The van der Waals surface area contributed by atoms with Gasteiger partial charge >= 0.3 is 11.6 Å². The molecule has 5 saturated heterocycles. The third kappa shape index (κ3) is 13.2. The van der Waals surface area contributed by atoms with Gasteiger partial charge in [-0.05, 0) is 129 Å². The van der Waals surface area contributed by atoms with Gasteiger partial charge in [-0.3, -0.25) is 4.79 Å². The van der Waals surface area contributed by atoms with Crippen molar-refractivity contribution in [1.29, 1.82) is 0 Å². The minimum atomic E-state index is -1.93. The Labute approximate surface area is 591 Å². The summed E-state index contributed by atoms with van der Waals surface area (Å²) in [5.41, 5.74) is -1.45. The Hall–Kier alpha value is -3.94. The van der Waals surface area contributed by atoms with Gasteiger partial charge in [-0.15, -0.1) is 0 Å². The molecule has 1 aromatic carbocycles. The summed E-state index contributed by atoms with van der Waals surface area (Å²) in [4.78, 5) is 26.6. The van der Waals surface area contributed by atoms with Gasteiger partial charge in [-0.2, -0.15) is 0 Å². The van der Waals surface area contributed by atoms with Crippen LogP contribution in [0.3, 0.4) is 0 Å². The van der Waals surface area contributed by atoms with E-state index in [1.165, 1.54) is 13.0 Å². The third-order valence-electron chi connectivity index (χ3n) is 25.8. The molecule has 5 aliphatic carbocycles. The number of esters is 1. The van der Waals surface area contributed by atoms with Crippen LogP contribution in [0, 0.1) is 50.2 Å². The Morgan fingerprint density at radius 3 is 1.82 bits per heavy atom. The van der Waals surface area contributed by atoms with Crippen molar-refractivity contribution in [3.63, 3.8) is 0 Å². The first-order valence-corrected chi connectivity index (χ1v) is 36.1. The van der Waals surface area contributed by atoms with Gasteiger partial charge in [0.25, 0.3) is 0 Å². The summed E-state index contributed by atoms with van der Waals surface area (Å²) >= 11 is 0. The van der Waals surface area contributed by atoms with Gasteiger partial charge in [0.05, 0.1) is 56.7 Å². The van der Waals surface area contributed by atoms with E-state index in [1.807, 2.05) is 19.9 Å². The number of rotatable bonds is 13. The van der Waals surface area contributed by atoms with Crippen LogP contribution >= 0.6 is 0 Å². The van der Waals surface area contributed by atoms with Crippen LogP contribution in [0.5, 0.6) is 5.75 Å². The summed E-state index contributed by atoms with van der Waals surface area (Å²) in [5.74, 6) is 0.767. The first kappa shape index (κ1) is 77.7. The molecule has 4 saturated carbocycles. The topological polar surface area (TPSA) is 445 Å². The molecule has 0 bridgehead atoms. The van der Waals surface area contributed by atoms with Crippen LogP contribution in [-0.4, -0.2) is 258 Å². The molecular formula is C73H108O29. The van der Waals surface area contributed by atoms with E-state index >= 15 is 4.79 Å². The van der Waals surface area contributed by atoms with Crippen LogP contribution in [0.25, 0.3) is 21.9 Å². The monoisotopic (exact) mass is 1450 g/mol. The van der Waals surface area contributed by atoms with Crippen LogP contribution in [0.1, 0.15) is 146 Å². The molecule has 29 heteroatoms. The number of allylic oxidation sites excluding steroid dienone is 2. The Morgan fingerprint density at radius 1 is 0.598 bits per heavy atom. The Morgan fingerprint density at radius 2 is 1.19 bits per heavy atom. The first-order chi connectivity index (χ1) is 47.9. The van der Waals surface area contributed by atoms with Gasteiger partial charge in [0.15, 0.2) is 37.0 Å². The van der Waals surface area contributed by atoms with E-state index in [1.54, 1.807) is 26.2 Å². The van der Waals surface area contributed by atoms with Crippen LogP contribution in [0.15, 0.2) is 49.5 Å². The molecule has 32 atom stereocenters. The van der Waals surface area contributed by atoms with E-state index in [9.17, 15) is 76.3 Å². The number of carbonyl (C=O) groups excluding carboxylic acids is 1. The van der Waals surface area contributed by atoms with Crippen LogP contribution in [0.4, 0.5) is 0 Å². The van der Waals surface area contributed by atoms with E-state index in [0.29, 0.717) is 36.8 Å². The van der Waals surface area contributed by atoms with Gasteiger partial charge in [0, 0.05) is 23.4 Å². The van der Waals surface area contributed by atoms with Gasteiger partial charge in [0.1, 0.15) is 114 Å². The lowest BCUT2D eigenvalue weighted by atomic mass is 9.33. The number of fused-ring (bicyclic) bond motifs is 9. The number of methoxy groups -OCH3 is 1. The quantitative estimate of drug-likeness (QED) is 0.0502. The molecule has 7 heterocycles. The zero-order valence-electron chi connectivity index (χ0n) is 60.0. The number of aliphatic hydroxyl groups is 14. The molecular weight excluding hydrogens is 1340 g/mol. The highest BCUT2D eigenvalue weighted by molar-refractivity contribution is 5.97. The molecule has 10 aliphatic rings. The van der Waals surface area contributed by atoms with Gasteiger partial charge < -0.3 is 132 Å². The van der Waals surface area contributed by atoms with Crippen molar-refractivity contribution in [2.24, 2.45) is 50.2 Å². The summed E-state index contributed by atoms with van der Waals surface area (Å²) in [5, 5.41) is 154. The lowest BCUT2D eigenvalue weighted by Gasteiger charge is -2.71. The fourth-order valence-electron chi connectivity index (χ4n) is 19.7. The van der Waals surface area contributed by atoms with Crippen molar-refractivity contribution in [3.8, 4) is 5.75 Å². The Balaban J connectivity index is 0.000000443. The van der Waals surface area contributed by atoms with E-state index in [-0.39, 0.29) is 59.1 Å². The molecule has 0 amide bonds. The predicted octanol–water partition coefficient (Wildman–Crippen LogP) is 1.76. The molecule has 9 fully saturated rings.